The van der Waals surface area contributed by atoms with E-state index in [9.17, 15) is 4.79 Å². The van der Waals surface area contributed by atoms with Crippen LogP contribution in [0.15, 0.2) is 24.3 Å². The van der Waals surface area contributed by atoms with Gasteiger partial charge in [0.25, 0.3) is 0 Å². The number of methoxy groups -OCH3 is 1. The summed E-state index contributed by atoms with van der Waals surface area (Å²) < 4.78 is 5.11. The van der Waals surface area contributed by atoms with Gasteiger partial charge in [-0.05, 0) is 24.1 Å². The SMILES string of the molecule is COc1ccc(CNC2CNC(C(N)=O)C2)cc1. The van der Waals surface area contributed by atoms with Crippen molar-refractivity contribution in [3.05, 3.63) is 29.8 Å². The number of ether oxygens (including phenoxy) is 1. The van der Waals surface area contributed by atoms with E-state index < -0.39 is 0 Å². The molecule has 2 rings (SSSR count). The predicted molar refractivity (Wildman–Crippen MR) is 69.2 cm³/mol. The van der Waals surface area contributed by atoms with E-state index in [0.717, 1.165) is 25.3 Å². The topological polar surface area (TPSA) is 76.4 Å². The molecule has 0 spiro atoms. The monoisotopic (exact) mass is 249 g/mol. The highest BCUT2D eigenvalue weighted by atomic mass is 16.5. The normalized spacial score (nSPS) is 22.9. The molecule has 4 N–H and O–H groups in total. The standard InChI is InChI=1S/C13H19N3O2/c1-18-11-4-2-9(3-5-11)7-15-10-6-12(13(14)17)16-8-10/h2-5,10,12,15-16H,6-8H2,1H3,(H2,14,17). The van der Waals surface area contributed by atoms with Gasteiger partial charge in [0.05, 0.1) is 13.2 Å². The third kappa shape index (κ3) is 3.21. The second kappa shape index (κ2) is 5.84. The van der Waals surface area contributed by atoms with E-state index in [-0.39, 0.29) is 11.9 Å². The van der Waals surface area contributed by atoms with Crippen LogP contribution in [-0.2, 0) is 11.3 Å². The molecule has 2 atom stereocenters. The summed E-state index contributed by atoms with van der Waals surface area (Å²) >= 11 is 0. The van der Waals surface area contributed by atoms with Crippen LogP contribution in [0.4, 0.5) is 0 Å². The van der Waals surface area contributed by atoms with Crippen molar-refractivity contribution < 1.29 is 9.53 Å². The number of nitrogens with one attached hydrogen (secondary N) is 2. The van der Waals surface area contributed by atoms with E-state index in [1.54, 1.807) is 7.11 Å². The first-order valence-corrected chi connectivity index (χ1v) is 6.08. The Morgan fingerprint density at radius 1 is 1.50 bits per heavy atom. The molecule has 1 fully saturated rings. The van der Waals surface area contributed by atoms with E-state index in [0.29, 0.717) is 6.04 Å². The van der Waals surface area contributed by atoms with E-state index in [1.807, 2.05) is 24.3 Å². The molecule has 0 saturated carbocycles. The predicted octanol–water partition coefficient (Wildman–Crippen LogP) is 0.000600. The minimum absolute atomic E-state index is 0.196. The Balaban J connectivity index is 1.79. The van der Waals surface area contributed by atoms with Crippen LogP contribution in [0.3, 0.4) is 0 Å². The lowest BCUT2D eigenvalue weighted by molar-refractivity contribution is -0.119. The van der Waals surface area contributed by atoms with Gasteiger partial charge in [-0.3, -0.25) is 4.79 Å². The fourth-order valence-corrected chi connectivity index (χ4v) is 2.11. The fourth-order valence-electron chi connectivity index (χ4n) is 2.11. The second-order valence-electron chi connectivity index (χ2n) is 4.52. The summed E-state index contributed by atoms with van der Waals surface area (Å²) in [4.78, 5) is 11.0. The number of hydrogen-bond donors (Lipinski definition) is 3. The van der Waals surface area contributed by atoms with Crippen LogP contribution >= 0.6 is 0 Å². The smallest absolute Gasteiger partial charge is 0.234 e. The third-order valence-corrected chi connectivity index (χ3v) is 3.23. The zero-order chi connectivity index (χ0) is 13.0. The average molecular weight is 249 g/mol. The van der Waals surface area contributed by atoms with Crippen LogP contribution in [0, 0.1) is 0 Å². The van der Waals surface area contributed by atoms with Crippen LogP contribution in [0.2, 0.25) is 0 Å². The van der Waals surface area contributed by atoms with E-state index in [4.69, 9.17) is 10.5 Å². The van der Waals surface area contributed by atoms with Crippen LogP contribution in [0.1, 0.15) is 12.0 Å². The van der Waals surface area contributed by atoms with Gasteiger partial charge >= 0.3 is 0 Å². The molecule has 0 aliphatic carbocycles. The zero-order valence-electron chi connectivity index (χ0n) is 10.5. The number of amides is 1. The molecular formula is C13H19N3O2. The Bertz CT molecular complexity index is 405. The molecule has 5 nitrogen and oxygen atoms in total. The summed E-state index contributed by atoms with van der Waals surface area (Å²) in [5.41, 5.74) is 6.45. The molecule has 1 aromatic carbocycles. The van der Waals surface area contributed by atoms with Gasteiger partial charge in [0.1, 0.15) is 5.75 Å². The molecular weight excluding hydrogens is 230 g/mol. The molecule has 18 heavy (non-hydrogen) atoms. The molecule has 1 aliphatic heterocycles. The Labute approximate surface area is 107 Å². The molecule has 5 heteroatoms. The van der Waals surface area contributed by atoms with Crippen molar-refractivity contribution in [1.29, 1.82) is 0 Å². The second-order valence-corrected chi connectivity index (χ2v) is 4.52. The number of carbonyl (C=O) groups is 1. The van der Waals surface area contributed by atoms with Gasteiger partial charge in [-0.1, -0.05) is 12.1 Å². The minimum Gasteiger partial charge on any atom is -0.497 e. The summed E-state index contributed by atoms with van der Waals surface area (Å²) in [6.45, 7) is 1.56. The summed E-state index contributed by atoms with van der Waals surface area (Å²) in [5, 5.41) is 6.51. The molecule has 1 aromatic rings. The molecule has 0 radical (unpaired) electrons. The zero-order valence-corrected chi connectivity index (χ0v) is 10.5. The van der Waals surface area contributed by atoms with Gasteiger partial charge in [0.2, 0.25) is 5.91 Å². The van der Waals surface area contributed by atoms with Crippen molar-refractivity contribution in [3.63, 3.8) is 0 Å². The highest BCUT2D eigenvalue weighted by molar-refractivity contribution is 5.80. The lowest BCUT2D eigenvalue weighted by Gasteiger charge is -2.11. The molecule has 1 aliphatic rings. The van der Waals surface area contributed by atoms with Gasteiger partial charge in [0.15, 0.2) is 0 Å². The summed E-state index contributed by atoms with van der Waals surface area (Å²) in [7, 11) is 1.65. The maximum Gasteiger partial charge on any atom is 0.234 e. The lowest BCUT2D eigenvalue weighted by Crippen LogP contribution is -2.36. The van der Waals surface area contributed by atoms with Gasteiger partial charge in [-0.15, -0.1) is 0 Å². The third-order valence-electron chi connectivity index (χ3n) is 3.23. The van der Waals surface area contributed by atoms with Crippen molar-refractivity contribution in [1.82, 2.24) is 10.6 Å². The maximum atomic E-state index is 11.0. The van der Waals surface area contributed by atoms with Crippen LogP contribution in [-0.4, -0.2) is 31.6 Å². The van der Waals surface area contributed by atoms with Crippen LogP contribution < -0.4 is 21.1 Å². The summed E-state index contributed by atoms with van der Waals surface area (Å²) in [6, 6.07) is 8.04. The van der Waals surface area contributed by atoms with Gasteiger partial charge < -0.3 is 21.1 Å². The molecule has 0 aromatic heterocycles. The Morgan fingerprint density at radius 3 is 2.78 bits per heavy atom. The number of benzene rings is 1. The Kier molecular flexibility index (Phi) is 4.17. The number of rotatable bonds is 5. The van der Waals surface area contributed by atoms with Crippen molar-refractivity contribution in [3.8, 4) is 5.75 Å². The van der Waals surface area contributed by atoms with Crippen LogP contribution in [0.5, 0.6) is 5.75 Å². The quantitative estimate of drug-likeness (QED) is 0.686. The first-order chi connectivity index (χ1) is 8.69. The number of primary amides is 1. The van der Waals surface area contributed by atoms with Gasteiger partial charge in [0, 0.05) is 19.1 Å². The number of carbonyl (C=O) groups excluding carboxylic acids is 1. The van der Waals surface area contributed by atoms with Crippen LogP contribution in [0.25, 0.3) is 0 Å². The Hall–Kier alpha value is -1.59. The first kappa shape index (κ1) is 12.9. The van der Waals surface area contributed by atoms with Gasteiger partial charge in [-0.25, -0.2) is 0 Å². The van der Waals surface area contributed by atoms with Crippen molar-refractivity contribution in [2.75, 3.05) is 13.7 Å². The molecule has 1 amide bonds. The number of nitrogens with two attached hydrogens (primary N) is 1. The molecule has 1 heterocycles. The van der Waals surface area contributed by atoms with Crippen molar-refractivity contribution in [2.45, 2.75) is 25.0 Å². The molecule has 0 bridgehead atoms. The van der Waals surface area contributed by atoms with E-state index in [1.165, 1.54) is 5.56 Å². The molecule has 98 valence electrons. The Morgan fingerprint density at radius 2 is 2.22 bits per heavy atom. The fraction of sp³-hybridized carbons (Fsp3) is 0.462. The minimum atomic E-state index is -0.274. The lowest BCUT2D eigenvalue weighted by atomic mass is 10.1. The highest BCUT2D eigenvalue weighted by Crippen LogP contribution is 2.12. The van der Waals surface area contributed by atoms with E-state index >= 15 is 0 Å². The van der Waals surface area contributed by atoms with Crippen molar-refractivity contribution in [2.24, 2.45) is 5.73 Å². The van der Waals surface area contributed by atoms with Crippen molar-refractivity contribution >= 4 is 5.91 Å². The highest BCUT2D eigenvalue weighted by Gasteiger charge is 2.27. The van der Waals surface area contributed by atoms with E-state index in [2.05, 4.69) is 10.6 Å². The molecule has 2 unspecified atom stereocenters. The van der Waals surface area contributed by atoms with Gasteiger partial charge in [-0.2, -0.15) is 0 Å². The summed E-state index contributed by atoms with van der Waals surface area (Å²) in [6.07, 6.45) is 0.755. The number of hydrogen-bond acceptors (Lipinski definition) is 4. The molecule has 1 saturated heterocycles. The maximum absolute atomic E-state index is 11.0. The summed E-state index contributed by atoms with van der Waals surface area (Å²) in [5.74, 6) is 0.582. The average Bonchev–Trinajstić information content (AvgIpc) is 2.86. The largest absolute Gasteiger partial charge is 0.497 e. The first-order valence-electron chi connectivity index (χ1n) is 6.08.